The van der Waals surface area contributed by atoms with Crippen LogP contribution in [0.2, 0.25) is 0 Å². The smallest absolute Gasteiger partial charge is 0.339 e. The molecule has 0 amide bonds. The highest BCUT2D eigenvalue weighted by atomic mass is 16.5. The number of rotatable bonds is 8. The van der Waals surface area contributed by atoms with Crippen molar-refractivity contribution in [3.8, 4) is 0 Å². The van der Waals surface area contributed by atoms with E-state index in [9.17, 15) is 4.79 Å². The molecule has 1 N–H and O–H groups in total. The number of unbranched alkanes of at least 4 members (excludes halogenated alkanes) is 1. The Morgan fingerprint density at radius 3 is 2.74 bits per heavy atom. The normalized spacial score (nSPS) is 10.7. The van der Waals surface area contributed by atoms with Gasteiger partial charge < -0.3 is 9.84 Å². The third kappa shape index (κ3) is 5.36. The minimum absolute atomic E-state index is 0.143. The highest BCUT2D eigenvalue weighted by molar-refractivity contribution is 5.88. The van der Waals surface area contributed by atoms with Gasteiger partial charge in [-0.3, -0.25) is 9.88 Å². The molecule has 0 aromatic carbocycles. The molecule has 19 heavy (non-hydrogen) atoms. The van der Waals surface area contributed by atoms with Crippen LogP contribution >= 0.6 is 0 Å². The van der Waals surface area contributed by atoms with Crippen LogP contribution in [0.25, 0.3) is 0 Å². The largest absolute Gasteiger partial charge is 0.465 e. The third-order valence-corrected chi connectivity index (χ3v) is 2.88. The Kier molecular flexibility index (Phi) is 7.07. The summed E-state index contributed by atoms with van der Waals surface area (Å²) in [5.74, 6) is -0.378. The van der Waals surface area contributed by atoms with Crippen LogP contribution < -0.4 is 0 Å². The van der Waals surface area contributed by atoms with Gasteiger partial charge in [-0.05, 0) is 25.1 Å². The highest BCUT2D eigenvalue weighted by Crippen LogP contribution is 2.06. The Morgan fingerprint density at radius 1 is 1.42 bits per heavy atom. The number of hydrogen-bond donors (Lipinski definition) is 1. The Balaban J connectivity index is 2.60. The molecule has 0 saturated heterocycles. The number of hydrogen-bond acceptors (Lipinski definition) is 5. The van der Waals surface area contributed by atoms with Gasteiger partial charge in [-0.1, -0.05) is 13.3 Å². The van der Waals surface area contributed by atoms with Gasteiger partial charge >= 0.3 is 5.97 Å². The van der Waals surface area contributed by atoms with Crippen molar-refractivity contribution >= 4 is 5.97 Å². The number of carbonyl (C=O) groups excluding carboxylic acids is 1. The predicted molar refractivity (Wildman–Crippen MR) is 72.8 cm³/mol. The van der Waals surface area contributed by atoms with E-state index in [1.54, 1.807) is 6.07 Å². The second-order valence-electron chi connectivity index (χ2n) is 4.38. The second kappa shape index (κ2) is 8.61. The van der Waals surface area contributed by atoms with Crippen LogP contribution in [-0.2, 0) is 11.3 Å². The van der Waals surface area contributed by atoms with Gasteiger partial charge in [0.2, 0.25) is 0 Å². The van der Waals surface area contributed by atoms with Crippen molar-refractivity contribution in [1.82, 2.24) is 9.88 Å². The number of esters is 1. The van der Waals surface area contributed by atoms with Gasteiger partial charge in [-0.15, -0.1) is 0 Å². The standard InChI is InChI=1S/C14H22N2O3/c1-3-4-7-16(8-9-17)11-13-6-5-12(10-15-13)14(18)19-2/h5-6,10,17H,3-4,7-9,11H2,1-2H3. The van der Waals surface area contributed by atoms with Gasteiger partial charge in [0.05, 0.1) is 25.0 Å². The van der Waals surface area contributed by atoms with E-state index in [4.69, 9.17) is 5.11 Å². The van der Waals surface area contributed by atoms with E-state index >= 15 is 0 Å². The summed E-state index contributed by atoms with van der Waals surface area (Å²) in [7, 11) is 1.35. The molecule has 106 valence electrons. The van der Waals surface area contributed by atoms with Crippen molar-refractivity contribution in [2.75, 3.05) is 26.8 Å². The molecule has 0 fully saturated rings. The van der Waals surface area contributed by atoms with E-state index in [1.807, 2.05) is 6.07 Å². The van der Waals surface area contributed by atoms with E-state index in [1.165, 1.54) is 13.3 Å². The first kappa shape index (κ1) is 15.6. The molecule has 0 aliphatic rings. The lowest BCUT2D eigenvalue weighted by atomic mass is 10.2. The van der Waals surface area contributed by atoms with Gasteiger partial charge in [-0.2, -0.15) is 0 Å². The predicted octanol–water partition coefficient (Wildman–Crippen LogP) is 1.46. The number of aliphatic hydroxyl groups is 1. The summed E-state index contributed by atoms with van der Waals surface area (Å²) in [5, 5.41) is 9.04. The van der Waals surface area contributed by atoms with Crippen molar-refractivity contribution in [3.05, 3.63) is 29.6 Å². The Morgan fingerprint density at radius 2 is 2.21 bits per heavy atom. The first-order chi connectivity index (χ1) is 9.21. The molecule has 0 aliphatic heterocycles. The van der Waals surface area contributed by atoms with Gasteiger partial charge in [0.15, 0.2) is 0 Å². The van der Waals surface area contributed by atoms with Crippen LogP contribution in [0.4, 0.5) is 0 Å². The lowest BCUT2D eigenvalue weighted by Gasteiger charge is -2.20. The maximum Gasteiger partial charge on any atom is 0.339 e. The van der Waals surface area contributed by atoms with Gasteiger partial charge in [0, 0.05) is 19.3 Å². The summed E-state index contributed by atoms with van der Waals surface area (Å²) in [6.45, 7) is 4.55. The van der Waals surface area contributed by atoms with E-state index in [0.717, 1.165) is 25.1 Å². The summed E-state index contributed by atoms with van der Waals surface area (Å²) in [6, 6.07) is 3.54. The van der Waals surface area contributed by atoms with Crippen molar-refractivity contribution in [2.45, 2.75) is 26.3 Å². The summed E-state index contributed by atoms with van der Waals surface area (Å²) in [4.78, 5) is 17.7. The fraction of sp³-hybridized carbons (Fsp3) is 0.571. The lowest BCUT2D eigenvalue weighted by molar-refractivity contribution is 0.0600. The van der Waals surface area contributed by atoms with Gasteiger partial charge in [-0.25, -0.2) is 4.79 Å². The fourth-order valence-corrected chi connectivity index (χ4v) is 1.78. The quantitative estimate of drug-likeness (QED) is 0.722. The maximum absolute atomic E-state index is 11.3. The Labute approximate surface area is 114 Å². The molecular formula is C14H22N2O3. The first-order valence-electron chi connectivity index (χ1n) is 6.57. The maximum atomic E-state index is 11.3. The third-order valence-electron chi connectivity index (χ3n) is 2.88. The van der Waals surface area contributed by atoms with Crippen LogP contribution in [0.1, 0.15) is 35.8 Å². The number of aliphatic hydroxyl groups excluding tert-OH is 1. The van der Waals surface area contributed by atoms with Crippen molar-refractivity contribution in [1.29, 1.82) is 0 Å². The number of pyridine rings is 1. The molecule has 0 bridgehead atoms. The number of aromatic nitrogens is 1. The lowest BCUT2D eigenvalue weighted by Crippen LogP contribution is -2.28. The average Bonchev–Trinajstić information content (AvgIpc) is 2.45. The summed E-state index contributed by atoms with van der Waals surface area (Å²) < 4.78 is 4.63. The topological polar surface area (TPSA) is 62.7 Å². The summed E-state index contributed by atoms with van der Waals surface area (Å²) in [6.07, 6.45) is 3.75. The number of carbonyl (C=O) groups is 1. The van der Waals surface area contributed by atoms with E-state index in [2.05, 4.69) is 21.5 Å². The zero-order valence-corrected chi connectivity index (χ0v) is 11.6. The number of methoxy groups -OCH3 is 1. The summed E-state index contributed by atoms with van der Waals surface area (Å²) in [5.41, 5.74) is 1.34. The zero-order chi connectivity index (χ0) is 14.1. The molecule has 1 aromatic heterocycles. The molecule has 0 radical (unpaired) electrons. The molecule has 0 unspecified atom stereocenters. The minimum Gasteiger partial charge on any atom is -0.465 e. The van der Waals surface area contributed by atoms with E-state index in [-0.39, 0.29) is 12.6 Å². The van der Waals surface area contributed by atoms with Crippen LogP contribution in [0.15, 0.2) is 18.3 Å². The monoisotopic (exact) mass is 266 g/mol. The van der Waals surface area contributed by atoms with Gasteiger partial charge in [0.1, 0.15) is 0 Å². The highest BCUT2D eigenvalue weighted by Gasteiger charge is 2.08. The Bertz CT molecular complexity index is 379. The van der Waals surface area contributed by atoms with Crippen molar-refractivity contribution in [3.63, 3.8) is 0 Å². The molecule has 1 aromatic rings. The molecule has 5 nitrogen and oxygen atoms in total. The number of nitrogens with zero attached hydrogens (tertiary/aromatic N) is 2. The van der Waals surface area contributed by atoms with Gasteiger partial charge in [0.25, 0.3) is 0 Å². The van der Waals surface area contributed by atoms with Crippen LogP contribution in [-0.4, -0.2) is 47.8 Å². The average molecular weight is 266 g/mol. The molecule has 0 spiro atoms. The van der Waals surface area contributed by atoms with Crippen LogP contribution in [0, 0.1) is 0 Å². The SMILES string of the molecule is CCCCN(CCO)Cc1ccc(C(=O)OC)cn1. The molecule has 5 heteroatoms. The van der Waals surface area contributed by atoms with Crippen LogP contribution in [0.5, 0.6) is 0 Å². The minimum atomic E-state index is -0.378. The van der Waals surface area contributed by atoms with E-state index in [0.29, 0.717) is 18.7 Å². The van der Waals surface area contributed by atoms with Crippen LogP contribution in [0.3, 0.4) is 0 Å². The first-order valence-corrected chi connectivity index (χ1v) is 6.57. The molecule has 0 atom stereocenters. The molecule has 0 aliphatic carbocycles. The molecular weight excluding hydrogens is 244 g/mol. The Hall–Kier alpha value is -1.46. The molecule has 0 saturated carbocycles. The van der Waals surface area contributed by atoms with E-state index < -0.39 is 0 Å². The number of ether oxygens (including phenoxy) is 1. The van der Waals surface area contributed by atoms with Crippen molar-refractivity contribution in [2.24, 2.45) is 0 Å². The van der Waals surface area contributed by atoms with Crippen molar-refractivity contribution < 1.29 is 14.6 Å². The fourth-order valence-electron chi connectivity index (χ4n) is 1.78. The second-order valence-corrected chi connectivity index (χ2v) is 4.38. The zero-order valence-electron chi connectivity index (χ0n) is 11.6. The molecule has 1 rings (SSSR count). The summed E-state index contributed by atoms with van der Waals surface area (Å²) >= 11 is 0. The molecule has 1 heterocycles.